The first-order chi connectivity index (χ1) is 7.13. The van der Waals surface area contributed by atoms with Gasteiger partial charge in [0.25, 0.3) is 5.69 Å². The minimum absolute atomic E-state index is 0.0490. The van der Waals surface area contributed by atoms with Gasteiger partial charge in [-0.2, -0.15) is 0 Å². The van der Waals surface area contributed by atoms with Crippen molar-refractivity contribution in [2.45, 2.75) is 6.61 Å². The Labute approximate surface area is 84.6 Å². The molecule has 77 valence electrons. The zero-order chi connectivity index (χ0) is 11.3. The number of nitro benzene ring substituents is 1. The summed E-state index contributed by atoms with van der Waals surface area (Å²) in [6.07, 6.45) is 1.05. The molecule has 0 saturated heterocycles. The Hall–Kier alpha value is -2.24. The van der Waals surface area contributed by atoms with Crippen LogP contribution < -0.4 is 0 Å². The zero-order valence-electron chi connectivity index (χ0n) is 7.50. The maximum absolute atomic E-state index is 10.4. The monoisotopic (exact) mass is 208 g/mol. The SMILES string of the molecule is O=[C]C(=O)OCc1ccc([N+](=O)[O-])cc1. The first kappa shape index (κ1) is 10.8. The number of hydrogen-bond donors (Lipinski definition) is 0. The molecule has 6 nitrogen and oxygen atoms in total. The predicted octanol–water partition coefficient (Wildman–Crippen LogP) is 0.748. The van der Waals surface area contributed by atoms with Crippen LogP contribution in [0.15, 0.2) is 24.3 Å². The van der Waals surface area contributed by atoms with E-state index in [9.17, 15) is 19.7 Å². The number of carbonyl (C=O) groups excluding carboxylic acids is 2. The molecule has 0 aliphatic heterocycles. The third-order valence-electron chi connectivity index (χ3n) is 1.60. The lowest BCUT2D eigenvalue weighted by molar-refractivity contribution is -0.384. The van der Waals surface area contributed by atoms with Gasteiger partial charge in [0, 0.05) is 12.1 Å². The molecule has 15 heavy (non-hydrogen) atoms. The summed E-state index contributed by atoms with van der Waals surface area (Å²) < 4.78 is 4.45. The van der Waals surface area contributed by atoms with Gasteiger partial charge in [0.1, 0.15) is 6.61 Å². The molecule has 0 saturated carbocycles. The Morgan fingerprint density at radius 1 is 1.40 bits per heavy atom. The topological polar surface area (TPSA) is 86.5 Å². The van der Waals surface area contributed by atoms with E-state index in [1.165, 1.54) is 24.3 Å². The molecule has 0 atom stereocenters. The molecular weight excluding hydrogens is 202 g/mol. The lowest BCUT2D eigenvalue weighted by Gasteiger charge is -1.99. The average molecular weight is 208 g/mol. The van der Waals surface area contributed by atoms with Gasteiger partial charge < -0.3 is 4.74 Å². The highest BCUT2D eigenvalue weighted by Crippen LogP contribution is 2.12. The lowest BCUT2D eigenvalue weighted by Crippen LogP contribution is -2.04. The molecule has 0 aliphatic rings. The molecule has 0 bridgehead atoms. The van der Waals surface area contributed by atoms with Crippen LogP contribution in [-0.2, 0) is 20.9 Å². The number of benzene rings is 1. The van der Waals surface area contributed by atoms with Crippen LogP contribution in [0.2, 0.25) is 0 Å². The van der Waals surface area contributed by atoms with E-state index >= 15 is 0 Å². The fourth-order valence-electron chi connectivity index (χ4n) is 0.892. The third kappa shape index (κ3) is 3.18. The van der Waals surface area contributed by atoms with Crippen molar-refractivity contribution in [1.29, 1.82) is 0 Å². The zero-order valence-corrected chi connectivity index (χ0v) is 7.50. The van der Waals surface area contributed by atoms with Crippen molar-refractivity contribution in [1.82, 2.24) is 0 Å². The highest BCUT2D eigenvalue weighted by molar-refractivity contribution is 6.20. The van der Waals surface area contributed by atoms with E-state index in [1.54, 1.807) is 0 Å². The molecule has 1 aromatic carbocycles. The van der Waals surface area contributed by atoms with Crippen molar-refractivity contribution >= 4 is 17.9 Å². The van der Waals surface area contributed by atoms with Crippen molar-refractivity contribution in [2.75, 3.05) is 0 Å². The summed E-state index contributed by atoms with van der Waals surface area (Å²) in [5, 5.41) is 10.3. The predicted molar refractivity (Wildman–Crippen MR) is 48.6 cm³/mol. The number of carbonyl (C=O) groups is 1. The standard InChI is InChI=1S/C9H6NO5/c11-5-9(12)15-6-7-1-3-8(4-2-7)10(13)14/h1-4H,6H2. The van der Waals surface area contributed by atoms with Crippen LogP contribution in [0.4, 0.5) is 5.69 Å². The van der Waals surface area contributed by atoms with E-state index in [-0.39, 0.29) is 12.3 Å². The molecule has 1 radical (unpaired) electrons. The van der Waals surface area contributed by atoms with Crippen molar-refractivity contribution in [3.63, 3.8) is 0 Å². The second-order valence-electron chi connectivity index (χ2n) is 2.60. The highest BCUT2D eigenvalue weighted by atomic mass is 16.6. The van der Waals surface area contributed by atoms with Crippen molar-refractivity contribution in [3.8, 4) is 0 Å². The van der Waals surface area contributed by atoms with Gasteiger partial charge in [0.15, 0.2) is 0 Å². The minimum Gasteiger partial charge on any atom is -0.455 e. The van der Waals surface area contributed by atoms with Crippen LogP contribution in [0, 0.1) is 10.1 Å². The number of esters is 1. The van der Waals surface area contributed by atoms with Gasteiger partial charge in [-0.25, -0.2) is 4.79 Å². The first-order valence-corrected chi connectivity index (χ1v) is 3.91. The summed E-state index contributed by atoms with van der Waals surface area (Å²) in [7, 11) is 0. The lowest BCUT2D eigenvalue weighted by atomic mass is 10.2. The van der Waals surface area contributed by atoms with Gasteiger partial charge >= 0.3 is 12.3 Å². The van der Waals surface area contributed by atoms with E-state index in [2.05, 4.69) is 4.74 Å². The molecule has 0 aliphatic carbocycles. The Kier molecular flexibility index (Phi) is 3.50. The molecule has 6 heteroatoms. The van der Waals surface area contributed by atoms with Crippen LogP contribution in [-0.4, -0.2) is 17.2 Å². The molecule has 1 rings (SSSR count). The quantitative estimate of drug-likeness (QED) is 0.315. The van der Waals surface area contributed by atoms with E-state index in [0.717, 1.165) is 6.29 Å². The summed E-state index contributed by atoms with van der Waals surface area (Å²) in [6, 6.07) is 5.45. The normalized spacial score (nSPS) is 9.33. The molecule has 0 amide bonds. The molecule has 0 aromatic heterocycles. The van der Waals surface area contributed by atoms with Crippen LogP contribution in [0.1, 0.15) is 5.56 Å². The number of nitro groups is 1. The smallest absolute Gasteiger partial charge is 0.383 e. The molecule has 0 heterocycles. The van der Waals surface area contributed by atoms with Crippen molar-refractivity contribution < 1.29 is 19.2 Å². The molecule has 1 aromatic rings. The minimum atomic E-state index is -1.09. The second-order valence-corrected chi connectivity index (χ2v) is 2.60. The number of hydrogen-bond acceptors (Lipinski definition) is 5. The summed E-state index contributed by atoms with van der Waals surface area (Å²) in [5.74, 6) is -1.09. The van der Waals surface area contributed by atoms with Crippen LogP contribution in [0.25, 0.3) is 0 Å². The number of ether oxygens (including phenoxy) is 1. The highest BCUT2D eigenvalue weighted by Gasteiger charge is 2.05. The third-order valence-corrected chi connectivity index (χ3v) is 1.60. The van der Waals surface area contributed by atoms with Crippen LogP contribution in [0.3, 0.4) is 0 Å². The Balaban J connectivity index is 2.60. The van der Waals surface area contributed by atoms with Gasteiger partial charge in [-0.05, 0) is 17.7 Å². The Bertz CT molecular complexity index is 384. The van der Waals surface area contributed by atoms with Gasteiger partial charge in [-0.3, -0.25) is 14.9 Å². The number of rotatable bonds is 4. The Morgan fingerprint density at radius 2 is 2.00 bits per heavy atom. The number of nitrogens with zero attached hydrogens (tertiary/aromatic N) is 1. The van der Waals surface area contributed by atoms with Crippen molar-refractivity contribution in [3.05, 3.63) is 39.9 Å². The van der Waals surface area contributed by atoms with E-state index in [0.29, 0.717) is 5.56 Å². The largest absolute Gasteiger partial charge is 0.455 e. The summed E-state index contributed by atoms with van der Waals surface area (Å²) in [5.41, 5.74) is 0.510. The van der Waals surface area contributed by atoms with Crippen molar-refractivity contribution in [2.24, 2.45) is 0 Å². The van der Waals surface area contributed by atoms with Crippen LogP contribution >= 0.6 is 0 Å². The summed E-state index contributed by atoms with van der Waals surface area (Å²) in [4.78, 5) is 29.9. The fraction of sp³-hybridized carbons (Fsp3) is 0.111. The first-order valence-electron chi connectivity index (χ1n) is 3.91. The fourth-order valence-corrected chi connectivity index (χ4v) is 0.892. The molecule has 0 N–H and O–H groups in total. The van der Waals surface area contributed by atoms with E-state index < -0.39 is 10.9 Å². The van der Waals surface area contributed by atoms with E-state index in [4.69, 9.17) is 0 Å². The van der Waals surface area contributed by atoms with E-state index in [1.807, 2.05) is 0 Å². The molecular formula is C9H6NO5. The second kappa shape index (κ2) is 4.85. The molecule has 0 unspecified atom stereocenters. The maximum atomic E-state index is 10.4. The van der Waals surface area contributed by atoms with Gasteiger partial charge in [-0.15, -0.1) is 0 Å². The number of non-ortho nitro benzene ring substituents is 1. The van der Waals surface area contributed by atoms with Crippen LogP contribution in [0.5, 0.6) is 0 Å². The van der Waals surface area contributed by atoms with Gasteiger partial charge in [0.2, 0.25) is 0 Å². The Morgan fingerprint density at radius 3 is 2.47 bits per heavy atom. The molecule has 0 fully saturated rings. The van der Waals surface area contributed by atoms with Gasteiger partial charge in [-0.1, -0.05) is 0 Å². The summed E-state index contributed by atoms with van der Waals surface area (Å²) >= 11 is 0. The maximum Gasteiger partial charge on any atom is 0.383 e. The molecule has 0 spiro atoms. The van der Waals surface area contributed by atoms with Gasteiger partial charge in [0.05, 0.1) is 4.92 Å². The average Bonchev–Trinajstić information content (AvgIpc) is 2.26. The summed E-state index contributed by atoms with van der Waals surface area (Å²) in [6.45, 7) is -0.105.